The van der Waals surface area contributed by atoms with Crippen LogP contribution in [0.5, 0.6) is 5.75 Å². The van der Waals surface area contributed by atoms with Gasteiger partial charge in [-0.1, -0.05) is 31.2 Å². The van der Waals surface area contributed by atoms with Crippen LogP contribution in [0.15, 0.2) is 30.3 Å². The monoisotopic (exact) mass is 178 g/mol. The molecule has 0 aliphatic carbocycles. The molecule has 13 heavy (non-hydrogen) atoms. The van der Waals surface area contributed by atoms with Crippen LogP contribution in [0.4, 0.5) is 0 Å². The summed E-state index contributed by atoms with van der Waals surface area (Å²) in [5.41, 5.74) is 1.78. The highest BCUT2D eigenvalue weighted by atomic mass is 16.3. The summed E-state index contributed by atoms with van der Waals surface area (Å²) in [5, 5.41) is 18.3. The molecule has 70 valence electrons. The average molecular weight is 178 g/mol. The molecule has 2 N–H and O–H groups in total. The molecule has 1 aromatic rings. The number of aliphatic hydroxyl groups excluding tert-OH is 1. The van der Waals surface area contributed by atoms with Crippen LogP contribution in [-0.2, 0) is 0 Å². The van der Waals surface area contributed by atoms with Crippen LogP contribution < -0.4 is 0 Å². The van der Waals surface area contributed by atoms with Crippen LogP contribution in [0.2, 0.25) is 0 Å². The van der Waals surface area contributed by atoms with Crippen LogP contribution >= 0.6 is 0 Å². The molecule has 1 aromatic carbocycles. The number of hydrogen-bond donors (Lipinski definition) is 2. The molecule has 0 fully saturated rings. The summed E-state index contributed by atoms with van der Waals surface area (Å²) in [5.74, 6) is 0.268. The highest BCUT2D eigenvalue weighted by Gasteiger charge is 2.02. The minimum Gasteiger partial charge on any atom is -0.507 e. The largest absolute Gasteiger partial charge is 0.507 e. The zero-order valence-corrected chi connectivity index (χ0v) is 7.70. The number of aliphatic hydroxyl groups is 1. The van der Waals surface area contributed by atoms with Gasteiger partial charge in [0.05, 0.1) is 6.61 Å². The summed E-state index contributed by atoms with van der Waals surface area (Å²) in [6.07, 6.45) is 2.52. The number of para-hydroxylation sites is 1. The summed E-state index contributed by atoms with van der Waals surface area (Å²) < 4.78 is 0. The Kier molecular flexibility index (Phi) is 3.53. The van der Waals surface area contributed by atoms with Crippen molar-refractivity contribution in [2.75, 3.05) is 6.61 Å². The van der Waals surface area contributed by atoms with Gasteiger partial charge in [-0.05, 0) is 18.1 Å². The molecule has 0 aliphatic heterocycles. The van der Waals surface area contributed by atoms with Crippen molar-refractivity contribution in [1.82, 2.24) is 0 Å². The molecule has 0 saturated heterocycles. The second-order valence-electron chi connectivity index (χ2n) is 2.78. The van der Waals surface area contributed by atoms with E-state index < -0.39 is 0 Å². The van der Waals surface area contributed by atoms with Crippen molar-refractivity contribution in [2.24, 2.45) is 0 Å². The van der Waals surface area contributed by atoms with Crippen molar-refractivity contribution < 1.29 is 10.2 Å². The van der Waals surface area contributed by atoms with Crippen molar-refractivity contribution >= 4 is 5.57 Å². The van der Waals surface area contributed by atoms with Crippen LogP contribution in [0.3, 0.4) is 0 Å². The molecule has 0 amide bonds. The van der Waals surface area contributed by atoms with Crippen LogP contribution in [0.25, 0.3) is 5.57 Å². The van der Waals surface area contributed by atoms with Crippen molar-refractivity contribution in [3.8, 4) is 5.75 Å². The smallest absolute Gasteiger partial charge is 0.123 e. The average Bonchev–Trinajstić information content (AvgIpc) is 2.16. The first kappa shape index (κ1) is 9.81. The first-order valence-corrected chi connectivity index (χ1v) is 4.37. The summed E-state index contributed by atoms with van der Waals surface area (Å²) in [7, 11) is 0. The second kappa shape index (κ2) is 4.67. The lowest BCUT2D eigenvalue weighted by atomic mass is 10.0. The predicted octanol–water partition coefficient (Wildman–Crippen LogP) is 2.18. The highest BCUT2D eigenvalue weighted by molar-refractivity contribution is 5.69. The molecule has 0 heterocycles. The number of hydrogen-bond acceptors (Lipinski definition) is 2. The summed E-state index contributed by atoms with van der Waals surface area (Å²) in [4.78, 5) is 0. The number of phenolic OH excluding ortho intramolecular Hbond substituents is 1. The van der Waals surface area contributed by atoms with Gasteiger partial charge in [-0.2, -0.15) is 0 Å². The third kappa shape index (κ3) is 2.33. The predicted molar refractivity (Wildman–Crippen MR) is 53.5 cm³/mol. The molecular weight excluding hydrogens is 164 g/mol. The zero-order valence-electron chi connectivity index (χ0n) is 7.70. The Labute approximate surface area is 78.2 Å². The lowest BCUT2D eigenvalue weighted by Crippen LogP contribution is -1.86. The fourth-order valence-electron chi connectivity index (χ4n) is 1.30. The molecule has 1 rings (SSSR count). The Hall–Kier alpha value is -1.28. The Morgan fingerprint density at radius 3 is 2.62 bits per heavy atom. The number of phenols is 1. The van der Waals surface area contributed by atoms with Gasteiger partial charge in [0, 0.05) is 5.56 Å². The molecule has 0 spiro atoms. The number of aromatic hydroxyl groups is 1. The summed E-state index contributed by atoms with van der Waals surface area (Å²) >= 11 is 0. The van der Waals surface area contributed by atoms with E-state index in [1.165, 1.54) is 0 Å². The highest BCUT2D eigenvalue weighted by Crippen LogP contribution is 2.26. The van der Waals surface area contributed by atoms with Gasteiger partial charge in [0.15, 0.2) is 0 Å². The van der Waals surface area contributed by atoms with E-state index in [-0.39, 0.29) is 12.4 Å². The molecule has 0 bridgehead atoms. The molecule has 2 nitrogen and oxygen atoms in total. The first-order valence-electron chi connectivity index (χ1n) is 4.37. The second-order valence-corrected chi connectivity index (χ2v) is 2.78. The van der Waals surface area contributed by atoms with Gasteiger partial charge >= 0.3 is 0 Å². The maximum Gasteiger partial charge on any atom is 0.123 e. The lowest BCUT2D eigenvalue weighted by molar-refractivity contribution is 0.343. The lowest BCUT2D eigenvalue weighted by Gasteiger charge is -2.06. The third-order valence-electron chi connectivity index (χ3n) is 1.97. The van der Waals surface area contributed by atoms with Gasteiger partial charge in [-0.3, -0.25) is 0 Å². The maximum absolute atomic E-state index is 9.52. The van der Waals surface area contributed by atoms with E-state index in [1.807, 2.05) is 19.1 Å². The molecule has 0 saturated carbocycles. The van der Waals surface area contributed by atoms with Crippen molar-refractivity contribution in [3.05, 3.63) is 35.9 Å². The van der Waals surface area contributed by atoms with E-state index in [0.717, 1.165) is 17.6 Å². The molecule has 0 aliphatic rings. The Morgan fingerprint density at radius 1 is 1.38 bits per heavy atom. The van der Waals surface area contributed by atoms with Gasteiger partial charge in [-0.15, -0.1) is 0 Å². The Bertz CT molecular complexity index is 303. The van der Waals surface area contributed by atoms with E-state index >= 15 is 0 Å². The van der Waals surface area contributed by atoms with E-state index in [1.54, 1.807) is 18.2 Å². The SMILES string of the molecule is CC/C(=C/CO)c1ccccc1O. The van der Waals surface area contributed by atoms with Crippen LogP contribution in [-0.4, -0.2) is 16.8 Å². The van der Waals surface area contributed by atoms with Gasteiger partial charge in [-0.25, -0.2) is 0 Å². The number of rotatable bonds is 3. The Balaban J connectivity index is 3.05. The van der Waals surface area contributed by atoms with Crippen LogP contribution in [0.1, 0.15) is 18.9 Å². The fraction of sp³-hybridized carbons (Fsp3) is 0.273. The molecule has 0 unspecified atom stereocenters. The normalized spacial score (nSPS) is 11.7. The number of allylic oxidation sites excluding steroid dienone is 1. The van der Waals surface area contributed by atoms with Crippen molar-refractivity contribution in [3.63, 3.8) is 0 Å². The molecule has 0 atom stereocenters. The maximum atomic E-state index is 9.52. The van der Waals surface area contributed by atoms with Gasteiger partial charge in [0.25, 0.3) is 0 Å². The van der Waals surface area contributed by atoms with Gasteiger partial charge in [0.2, 0.25) is 0 Å². The van der Waals surface area contributed by atoms with E-state index in [0.29, 0.717) is 0 Å². The molecule has 2 heteroatoms. The minimum atomic E-state index is 0.0114. The van der Waals surface area contributed by atoms with Gasteiger partial charge in [0.1, 0.15) is 5.75 Å². The third-order valence-corrected chi connectivity index (χ3v) is 1.97. The van der Waals surface area contributed by atoms with Gasteiger partial charge < -0.3 is 10.2 Å². The van der Waals surface area contributed by atoms with Crippen LogP contribution in [0, 0.1) is 0 Å². The topological polar surface area (TPSA) is 40.5 Å². The minimum absolute atomic E-state index is 0.0114. The standard InChI is InChI=1S/C11H14O2/c1-2-9(7-8-12)10-5-3-4-6-11(10)13/h3-7,12-13H,2,8H2,1H3/b9-7-. The molecular formula is C11H14O2. The fourth-order valence-corrected chi connectivity index (χ4v) is 1.30. The zero-order chi connectivity index (χ0) is 9.68. The van der Waals surface area contributed by atoms with Crippen molar-refractivity contribution in [1.29, 1.82) is 0 Å². The van der Waals surface area contributed by atoms with E-state index in [4.69, 9.17) is 5.11 Å². The van der Waals surface area contributed by atoms with E-state index in [2.05, 4.69) is 0 Å². The van der Waals surface area contributed by atoms with E-state index in [9.17, 15) is 5.11 Å². The summed E-state index contributed by atoms with van der Waals surface area (Å²) in [6, 6.07) is 7.15. The quantitative estimate of drug-likeness (QED) is 0.744. The summed E-state index contributed by atoms with van der Waals surface area (Å²) in [6.45, 7) is 2.01. The molecule has 0 aromatic heterocycles. The Morgan fingerprint density at radius 2 is 2.08 bits per heavy atom. The first-order chi connectivity index (χ1) is 6.29. The van der Waals surface area contributed by atoms with Crippen molar-refractivity contribution in [2.45, 2.75) is 13.3 Å². The number of benzene rings is 1. The molecule has 0 radical (unpaired) electrons.